The smallest absolute Gasteiger partial charge is 0.227 e. The molecule has 1 fully saturated rings. The van der Waals surface area contributed by atoms with E-state index in [1.54, 1.807) is 0 Å². The van der Waals surface area contributed by atoms with Crippen LogP contribution >= 0.6 is 0 Å². The summed E-state index contributed by atoms with van der Waals surface area (Å²) in [6.07, 6.45) is 1.95. The number of ether oxygens (including phenoxy) is 1. The van der Waals surface area contributed by atoms with Crippen LogP contribution in [-0.2, 0) is 24.1 Å². The Morgan fingerprint density at radius 3 is 2.65 bits per heavy atom. The zero-order chi connectivity index (χ0) is 17.8. The van der Waals surface area contributed by atoms with Crippen LogP contribution in [0, 0.1) is 0 Å². The van der Waals surface area contributed by atoms with Crippen molar-refractivity contribution in [1.29, 1.82) is 0 Å². The zero-order valence-electron chi connectivity index (χ0n) is 15.4. The standard InChI is InChI=1S/C20H27N5O/c1-24(15-16-5-3-2-4-6-16)20-22-18-8-10-21-9-7-17(18)19(23-20)25-11-13-26-14-12-25/h2-6,21H,7-15H2,1H3. The molecule has 4 rings (SSSR count). The van der Waals surface area contributed by atoms with Crippen LogP contribution in [0.15, 0.2) is 30.3 Å². The number of aromatic nitrogens is 2. The van der Waals surface area contributed by atoms with E-state index in [4.69, 9.17) is 14.7 Å². The van der Waals surface area contributed by atoms with Gasteiger partial charge in [0.1, 0.15) is 5.82 Å². The van der Waals surface area contributed by atoms with Crippen molar-refractivity contribution in [3.63, 3.8) is 0 Å². The Morgan fingerprint density at radius 2 is 1.85 bits per heavy atom. The van der Waals surface area contributed by atoms with Gasteiger partial charge in [-0.15, -0.1) is 0 Å². The molecule has 2 aliphatic heterocycles. The molecule has 138 valence electrons. The first-order valence-corrected chi connectivity index (χ1v) is 9.49. The molecule has 2 aliphatic rings. The van der Waals surface area contributed by atoms with Gasteiger partial charge in [-0.3, -0.25) is 0 Å². The lowest BCUT2D eigenvalue weighted by atomic mass is 10.1. The number of rotatable bonds is 4. The molecule has 0 aliphatic carbocycles. The molecular weight excluding hydrogens is 326 g/mol. The largest absolute Gasteiger partial charge is 0.378 e. The van der Waals surface area contributed by atoms with E-state index in [0.717, 1.165) is 70.5 Å². The molecule has 1 aromatic heterocycles. The Morgan fingerprint density at radius 1 is 1.08 bits per heavy atom. The lowest BCUT2D eigenvalue weighted by Crippen LogP contribution is -2.38. The molecule has 1 N–H and O–H groups in total. The van der Waals surface area contributed by atoms with Crippen LogP contribution in [0.25, 0.3) is 0 Å². The molecule has 26 heavy (non-hydrogen) atoms. The van der Waals surface area contributed by atoms with Gasteiger partial charge in [-0.1, -0.05) is 30.3 Å². The molecule has 0 atom stereocenters. The van der Waals surface area contributed by atoms with Crippen LogP contribution in [0.1, 0.15) is 16.8 Å². The van der Waals surface area contributed by atoms with Gasteiger partial charge in [0.2, 0.25) is 5.95 Å². The Balaban J connectivity index is 1.67. The average molecular weight is 353 g/mol. The third kappa shape index (κ3) is 3.81. The Kier molecular flexibility index (Phi) is 5.32. The predicted molar refractivity (Wildman–Crippen MR) is 104 cm³/mol. The number of morpholine rings is 1. The van der Waals surface area contributed by atoms with E-state index in [1.165, 1.54) is 16.8 Å². The third-order valence-electron chi connectivity index (χ3n) is 5.06. The van der Waals surface area contributed by atoms with Crippen molar-refractivity contribution in [3.05, 3.63) is 47.2 Å². The van der Waals surface area contributed by atoms with Crippen molar-refractivity contribution in [1.82, 2.24) is 15.3 Å². The van der Waals surface area contributed by atoms with Crippen LogP contribution in [0.5, 0.6) is 0 Å². The van der Waals surface area contributed by atoms with Crippen molar-refractivity contribution in [3.8, 4) is 0 Å². The molecule has 0 saturated carbocycles. The first-order valence-electron chi connectivity index (χ1n) is 9.49. The Bertz CT molecular complexity index is 730. The SMILES string of the molecule is CN(Cc1ccccc1)c1nc2c(c(N3CCOCC3)n1)CCNCC2. The molecule has 0 amide bonds. The second kappa shape index (κ2) is 8.01. The van der Waals surface area contributed by atoms with Gasteiger partial charge in [0, 0.05) is 45.2 Å². The number of hydrogen-bond donors (Lipinski definition) is 1. The summed E-state index contributed by atoms with van der Waals surface area (Å²) >= 11 is 0. The molecular formula is C20H27N5O. The van der Waals surface area contributed by atoms with Crippen molar-refractivity contribution >= 4 is 11.8 Å². The molecule has 6 heteroatoms. The van der Waals surface area contributed by atoms with Crippen molar-refractivity contribution < 1.29 is 4.74 Å². The van der Waals surface area contributed by atoms with E-state index in [1.807, 2.05) is 6.07 Å². The summed E-state index contributed by atoms with van der Waals surface area (Å²) in [6, 6.07) is 10.5. The summed E-state index contributed by atoms with van der Waals surface area (Å²) in [7, 11) is 2.08. The van der Waals surface area contributed by atoms with Gasteiger partial charge in [0.15, 0.2) is 0 Å². The van der Waals surface area contributed by atoms with Gasteiger partial charge in [-0.2, -0.15) is 4.98 Å². The summed E-state index contributed by atoms with van der Waals surface area (Å²) in [6.45, 7) is 6.12. The van der Waals surface area contributed by atoms with Crippen molar-refractivity contribution in [2.45, 2.75) is 19.4 Å². The molecule has 0 spiro atoms. The Labute approximate surface area is 155 Å². The first kappa shape index (κ1) is 17.2. The minimum absolute atomic E-state index is 0.770. The predicted octanol–water partition coefficient (Wildman–Crippen LogP) is 1.64. The number of hydrogen-bond acceptors (Lipinski definition) is 6. The quantitative estimate of drug-likeness (QED) is 0.902. The molecule has 2 aromatic rings. The fourth-order valence-corrected chi connectivity index (χ4v) is 3.65. The van der Waals surface area contributed by atoms with Gasteiger partial charge < -0.3 is 19.9 Å². The molecule has 0 bridgehead atoms. The van der Waals surface area contributed by atoms with Crippen LogP contribution in [0.2, 0.25) is 0 Å². The van der Waals surface area contributed by atoms with E-state index in [-0.39, 0.29) is 0 Å². The summed E-state index contributed by atoms with van der Waals surface area (Å²) in [4.78, 5) is 14.5. The fraction of sp³-hybridized carbons (Fsp3) is 0.500. The number of anilines is 2. The van der Waals surface area contributed by atoms with E-state index >= 15 is 0 Å². The average Bonchev–Trinajstić information content (AvgIpc) is 2.94. The summed E-state index contributed by atoms with van der Waals surface area (Å²) in [5, 5.41) is 3.49. The maximum atomic E-state index is 5.54. The van der Waals surface area contributed by atoms with Gasteiger partial charge in [0.25, 0.3) is 0 Å². The van der Waals surface area contributed by atoms with E-state index in [2.05, 4.69) is 46.4 Å². The molecule has 1 saturated heterocycles. The fourth-order valence-electron chi connectivity index (χ4n) is 3.65. The molecule has 6 nitrogen and oxygen atoms in total. The van der Waals surface area contributed by atoms with Crippen molar-refractivity contribution in [2.24, 2.45) is 0 Å². The highest BCUT2D eigenvalue weighted by Crippen LogP contribution is 2.27. The third-order valence-corrected chi connectivity index (χ3v) is 5.06. The van der Waals surface area contributed by atoms with Crippen LogP contribution in [-0.4, -0.2) is 56.4 Å². The number of benzene rings is 1. The zero-order valence-corrected chi connectivity index (χ0v) is 15.4. The molecule has 0 unspecified atom stereocenters. The summed E-state index contributed by atoms with van der Waals surface area (Å²) in [5.41, 5.74) is 3.78. The van der Waals surface area contributed by atoms with E-state index < -0.39 is 0 Å². The van der Waals surface area contributed by atoms with Gasteiger partial charge in [-0.25, -0.2) is 4.98 Å². The molecule has 1 aromatic carbocycles. The maximum absolute atomic E-state index is 5.54. The lowest BCUT2D eigenvalue weighted by molar-refractivity contribution is 0.122. The van der Waals surface area contributed by atoms with Crippen molar-refractivity contribution in [2.75, 3.05) is 56.2 Å². The normalized spacial score (nSPS) is 17.5. The van der Waals surface area contributed by atoms with E-state index in [9.17, 15) is 0 Å². The highest BCUT2D eigenvalue weighted by Gasteiger charge is 2.23. The molecule has 3 heterocycles. The monoisotopic (exact) mass is 353 g/mol. The highest BCUT2D eigenvalue weighted by atomic mass is 16.5. The lowest BCUT2D eigenvalue weighted by Gasteiger charge is -2.31. The van der Waals surface area contributed by atoms with E-state index in [0.29, 0.717) is 0 Å². The maximum Gasteiger partial charge on any atom is 0.227 e. The summed E-state index contributed by atoms with van der Waals surface area (Å²) < 4.78 is 5.54. The Hall–Kier alpha value is -2.18. The van der Waals surface area contributed by atoms with Crippen LogP contribution < -0.4 is 15.1 Å². The van der Waals surface area contributed by atoms with Gasteiger partial charge >= 0.3 is 0 Å². The minimum Gasteiger partial charge on any atom is -0.378 e. The number of fused-ring (bicyclic) bond motifs is 1. The van der Waals surface area contributed by atoms with Gasteiger partial charge in [-0.05, 0) is 18.5 Å². The van der Waals surface area contributed by atoms with Crippen LogP contribution in [0.3, 0.4) is 0 Å². The number of nitrogens with one attached hydrogen (secondary N) is 1. The second-order valence-corrected chi connectivity index (χ2v) is 6.96. The number of nitrogens with zero attached hydrogens (tertiary/aromatic N) is 4. The van der Waals surface area contributed by atoms with Gasteiger partial charge in [0.05, 0.1) is 18.9 Å². The van der Waals surface area contributed by atoms with Crippen LogP contribution in [0.4, 0.5) is 11.8 Å². The second-order valence-electron chi connectivity index (χ2n) is 6.96. The first-order chi connectivity index (χ1) is 12.8. The molecule has 0 radical (unpaired) electrons. The summed E-state index contributed by atoms with van der Waals surface area (Å²) in [5.74, 6) is 1.92. The highest BCUT2D eigenvalue weighted by molar-refractivity contribution is 5.54. The topological polar surface area (TPSA) is 53.5 Å². The minimum atomic E-state index is 0.770.